The maximum Gasteiger partial charge on any atom is 0.340 e. The van der Waals surface area contributed by atoms with E-state index in [4.69, 9.17) is 9.15 Å². The van der Waals surface area contributed by atoms with Crippen LogP contribution in [0.1, 0.15) is 55.2 Å². The van der Waals surface area contributed by atoms with E-state index >= 15 is 0 Å². The SMILES string of the molecule is Cc1cc(C(C)Nc2ccccc2C(=O)OC(C)(C)C)c2oc(-c3ccc4cnn(C)c4n3)cc(=O)c2c1. The number of rotatable bonds is 5. The van der Waals surface area contributed by atoms with Crippen molar-refractivity contribution in [3.8, 4) is 11.5 Å². The predicted octanol–water partition coefficient (Wildman–Crippen LogP) is 6.18. The third-order valence-electron chi connectivity index (χ3n) is 6.22. The first-order valence-corrected chi connectivity index (χ1v) is 12.5. The Morgan fingerprint density at radius 2 is 1.87 bits per heavy atom. The zero-order valence-corrected chi connectivity index (χ0v) is 22.3. The molecule has 8 nitrogen and oxygen atoms in total. The predicted molar refractivity (Wildman–Crippen MR) is 148 cm³/mol. The monoisotopic (exact) mass is 510 g/mol. The fourth-order valence-electron chi connectivity index (χ4n) is 4.47. The number of aromatic nitrogens is 3. The van der Waals surface area contributed by atoms with Crippen LogP contribution in [0.15, 0.2) is 70.0 Å². The van der Waals surface area contributed by atoms with Gasteiger partial charge in [-0.2, -0.15) is 5.10 Å². The van der Waals surface area contributed by atoms with Gasteiger partial charge in [-0.15, -0.1) is 0 Å². The molecule has 0 aliphatic heterocycles. The molecule has 3 aromatic heterocycles. The third kappa shape index (κ3) is 4.89. The first-order chi connectivity index (χ1) is 18.0. The molecule has 5 aromatic rings. The highest BCUT2D eigenvalue weighted by Gasteiger charge is 2.22. The summed E-state index contributed by atoms with van der Waals surface area (Å²) in [6, 6.07) is 15.9. The number of hydrogen-bond acceptors (Lipinski definition) is 7. The summed E-state index contributed by atoms with van der Waals surface area (Å²) >= 11 is 0. The van der Waals surface area contributed by atoms with Gasteiger partial charge in [0.05, 0.1) is 23.2 Å². The lowest BCUT2D eigenvalue weighted by molar-refractivity contribution is 0.00706. The summed E-state index contributed by atoms with van der Waals surface area (Å²) in [6.07, 6.45) is 1.74. The maximum absolute atomic E-state index is 13.2. The number of esters is 1. The van der Waals surface area contributed by atoms with Gasteiger partial charge in [0.1, 0.15) is 16.9 Å². The van der Waals surface area contributed by atoms with E-state index in [1.54, 1.807) is 23.0 Å². The van der Waals surface area contributed by atoms with E-state index in [9.17, 15) is 9.59 Å². The van der Waals surface area contributed by atoms with E-state index in [2.05, 4.69) is 15.4 Å². The molecule has 3 heterocycles. The van der Waals surface area contributed by atoms with Crippen molar-refractivity contribution in [2.24, 2.45) is 7.05 Å². The van der Waals surface area contributed by atoms with E-state index in [0.29, 0.717) is 39.3 Å². The van der Waals surface area contributed by atoms with Gasteiger partial charge in [-0.05, 0) is 70.5 Å². The second kappa shape index (κ2) is 9.45. The van der Waals surface area contributed by atoms with Gasteiger partial charge in [0.2, 0.25) is 0 Å². The van der Waals surface area contributed by atoms with Crippen LogP contribution in [0.3, 0.4) is 0 Å². The summed E-state index contributed by atoms with van der Waals surface area (Å²) in [5.41, 5.74) is 3.72. The molecule has 0 fully saturated rings. The largest absolute Gasteiger partial charge is 0.456 e. The number of benzene rings is 2. The molecule has 0 bridgehead atoms. The Morgan fingerprint density at radius 3 is 2.63 bits per heavy atom. The second-order valence-electron chi connectivity index (χ2n) is 10.5. The Bertz CT molecular complexity index is 1740. The van der Waals surface area contributed by atoms with Gasteiger partial charge >= 0.3 is 5.97 Å². The van der Waals surface area contributed by atoms with Crippen molar-refractivity contribution in [2.75, 3.05) is 5.32 Å². The average molecular weight is 511 g/mol. The minimum Gasteiger partial charge on any atom is -0.456 e. The number of carbonyl (C=O) groups excluding carboxylic acids is 1. The first-order valence-electron chi connectivity index (χ1n) is 12.5. The lowest BCUT2D eigenvalue weighted by Gasteiger charge is -2.22. The van der Waals surface area contributed by atoms with Crippen LogP contribution >= 0.6 is 0 Å². The van der Waals surface area contributed by atoms with Gasteiger partial charge in [-0.3, -0.25) is 9.48 Å². The maximum atomic E-state index is 13.2. The summed E-state index contributed by atoms with van der Waals surface area (Å²) in [7, 11) is 1.82. The minimum atomic E-state index is -0.616. The molecule has 0 spiro atoms. The van der Waals surface area contributed by atoms with Crippen molar-refractivity contribution in [1.82, 2.24) is 14.8 Å². The molecule has 1 unspecified atom stereocenters. The molecular formula is C30H30N4O4. The Hall–Kier alpha value is -4.46. The van der Waals surface area contributed by atoms with Crippen LogP contribution in [0.25, 0.3) is 33.5 Å². The fraction of sp³-hybridized carbons (Fsp3) is 0.267. The molecule has 8 heteroatoms. The first kappa shape index (κ1) is 25.2. The lowest BCUT2D eigenvalue weighted by Crippen LogP contribution is -2.24. The zero-order valence-electron chi connectivity index (χ0n) is 22.3. The number of aryl methyl sites for hydroxylation is 2. The van der Waals surface area contributed by atoms with E-state index in [0.717, 1.165) is 16.5 Å². The van der Waals surface area contributed by atoms with Crippen LogP contribution in [-0.2, 0) is 11.8 Å². The smallest absolute Gasteiger partial charge is 0.340 e. The number of carbonyl (C=O) groups is 1. The number of fused-ring (bicyclic) bond motifs is 2. The average Bonchev–Trinajstić information content (AvgIpc) is 3.23. The number of anilines is 1. The summed E-state index contributed by atoms with van der Waals surface area (Å²) in [5, 5.41) is 9.06. The van der Waals surface area contributed by atoms with Crippen LogP contribution in [0, 0.1) is 6.92 Å². The van der Waals surface area contributed by atoms with E-state index < -0.39 is 11.6 Å². The molecule has 0 radical (unpaired) electrons. The van der Waals surface area contributed by atoms with Gasteiger partial charge < -0.3 is 14.5 Å². The quantitative estimate of drug-likeness (QED) is 0.282. The number of para-hydroxylation sites is 1. The second-order valence-corrected chi connectivity index (χ2v) is 10.5. The molecule has 0 aliphatic rings. The molecule has 194 valence electrons. The summed E-state index contributed by atoms with van der Waals surface area (Å²) in [5.74, 6) is -0.0376. The molecule has 5 rings (SSSR count). The fourth-order valence-corrected chi connectivity index (χ4v) is 4.47. The van der Waals surface area contributed by atoms with E-state index in [-0.39, 0.29) is 11.5 Å². The summed E-state index contributed by atoms with van der Waals surface area (Å²) in [4.78, 5) is 30.8. The molecule has 0 aliphatic carbocycles. The highest BCUT2D eigenvalue weighted by Crippen LogP contribution is 2.31. The van der Waals surface area contributed by atoms with Gasteiger partial charge in [0.25, 0.3) is 0 Å². The Balaban J connectivity index is 1.58. The van der Waals surface area contributed by atoms with Gasteiger partial charge in [-0.25, -0.2) is 9.78 Å². The number of hydrogen-bond donors (Lipinski definition) is 1. The molecule has 0 saturated heterocycles. The zero-order chi connectivity index (χ0) is 27.2. The third-order valence-corrected chi connectivity index (χ3v) is 6.22. The van der Waals surface area contributed by atoms with Crippen LogP contribution in [-0.4, -0.2) is 26.3 Å². The highest BCUT2D eigenvalue weighted by atomic mass is 16.6. The lowest BCUT2D eigenvalue weighted by atomic mass is 10.0. The molecular weight excluding hydrogens is 480 g/mol. The number of nitrogens with zero attached hydrogens (tertiary/aromatic N) is 3. The van der Waals surface area contributed by atoms with Crippen molar-refractivity contribution in [3.63, 3.8) is 0 Å². The van der Waals surface area contributed by atoms with Crippen molar-refractivity contribution >= 4 is 33.7 Å². The normalized spacial score (nSPS) is 12.6. The highest BCUT2D eigenvalue weighted by molar-refractivity contribution is 5.96. The minimum absolute atomic E-state index is 0.153. The molecule has 0 amide bonds. The number of pyridine rings is 1. The van der Waals surface area contributed by atoms with Crippen molar-refractivity contribution in [2.45, 2.75) is 46.3 Å². The van der Waals surface area contributed by atoms with Crippen molar-refractivity contribution in [3.05, 3.63) is 87.7 Å². The topological polar surface area (TPSA) is 99.2 Å². The Labute approximate surface area is 220 Å². The van der Waals surface area contributed by atoms with Gasteiger partial charge in [-0.1, -0.05) is 18.2 Å². The van der Waals surface area contributed by atoms with Crippen molar-refractivity contribution in [1.29, 1.82) is 0 Å². The number of ether oxygens (including phenoxy) is 1. The van der Waals surface area contributed by atoms with Crippen LogP contribution in [0.4, 0.5) is 5.69 Å². The van der Waals surface area contributed by atoms with Crippen LogP contribution in [0.2, 0.25) is 0 Å². The van der Waals surface area contributed by atoms with Crippen molar-refractivity contribution < 1.29 is 13.9 Å². The molecule has 1 N–H and O–H groups in total. The van der Waals surface area contributed by atoms with Crippen LogP contribution in [0.5, 0.6) is 0 Å². The summed E-state index contributed by atoms with van der Waals surface area (Å²) in [6.45, 7) is 9.41. The molecule has 0 saturated carbocycles. The molecule has 1 atom stereocenters. The van der Waals surface area contributed by atoms with E-state index in [1.807, 2.05) is 78.1 Å². The Kier molecular flexibility index (Phi) is 6.26. The van der Waals surface area contributed by atoms with Gasteiger partial charge in [0, 0.05) is 29.8 Å². The molecule has 2 aromatic carbocycles. The van der Waals surface area contributed by atoms with E-state index in [1.165, 1.54) is 6.07 Å². The molecule has 38 heavy (non-hydrogen) atoms. The van der Waals surface area contributed by atoms with Crippen LogP contribution < -0.4 is 10.7 Å². The number of nitrogens with one attached hydrogen (secondary N) is 1. The van der Waals surface area contributed by atoms with Gasteiger partial charge in [0.15, 0.2) is 16.8 Å². The Morgan fingerprint density at radius 1 is 1.11 bits per heavy atom. The standard InChI is InChI=1S/C30H30N4O4/c1-17-13-21(18(2)32-23-10-8-7-9-20(23)29(36)38-30(3,4)5)27-22(14-17)25(35)15-26(37-27)24-12-11-19-16-31-34(6)28(19)33-24/h7-16,18,32H,1-6H3. The summed E-state index contributed by atoms with van der Waals surface area (Å²) < 4.78 is 13.6.